The van der Waals surface area contributed by atoms with Crippen molar-refractivity contribution in [1.29, 1.82) is 0 Å². The first-order valence-corrected chi connectivity index (χ1v) is 17.6. The standard InChI is InChI=1S/C12H11Si.C12H10.C9H18N.C9H13.Ti/c1-3-7-11(8-4-1)13-12-9-5-2-6-10-12;1-3-7-11(8-4-1)12-9-5-2-6-10-12;10-9-7-5-3-1-2-4-6-8-9;1-6-5-7(2)9(4)8(6)3;/h1-10,13H;1-10H;9-10H,1-8H2;6H,1-4H3;/q;;2*-1;+2. The van der Waals surface area contributed by atoms with Crippen molar-refractivity contribution >= 4 is 19.9 Å². The molecule has 1 radical (unpaired) electrons. The quantitative estimate of drug-likeness (QED) is 0.156. The Kier molecular flexibility index (Phi) is 19.4. The average molecular weight is 647 g/mol. The van der Waals surface area contributed by atoms with Gasteiger partial charge in [0.2, 0.25) is 0 Å². The fourth-order valence-corrected chi connectivity index (χ4v) is 6.56. The molecular weight excluding hydrogens is 594 g/mol. The monoisotopic (exact) mass is 646 g/mol. The van der Waals surface area contributed by atoms with Gasteiger partial charge in [0.25, 0.3) is 0 Å². The van der Waals surface area contributed by atoms with Crippen molar-refractivity contribution < 1.29 is 21.7 Å². The molecule has 4 aromatic rings. The van der Waals surface area contributed by atoms with Crippen LogP contribution < -0.4 is 10.4 Å². The summed E-state index contributed by atoms with van der Waals surface area (Å²) in [4.78, 5) is 0. The Balaban J connectivity index is 0.000000210. The second-order valence-corrected chi connectivity index (χ2v) is 13.5. The molecule has 0 aliphatic heterocycles. The van der Waals surface area contributed by atoms with Crippen LogP contribution in [0.3, 0.4) is 0 Å². The summed E-state index contributed by atoms with van der Waals surface area (Å²) in [5.74, 6) is 0.560. The largest absolute Gasteiger partial charge is 2.00 e. The third kappa shape index (κ3) is 15.4. The van der Waals surface area contributed by atoms with E-state index >= 15 is 0 Å². The number of nitrogens with one attached hydrogen (secondary N) is 1. The van der Waals surface area contributed by atoms with E-state index < -0.39 is 0 Å². The number of rotatable bonds is 3. The van der Waals surface area contributed by atoms with Crippen LogP contribution in [0.5, 0.6) is 0 Å². The van der Waals surface area contributed by atoms with Crippen LogP contribution in [0.1, 0.15) is 79.1 Å². The van der Waals surface area contributed by atoms with Gasteiger partial charge in [-0.3, -0.25) is 6.08 Å². The van der Waals surface area contributed by atoms with Crippen LogP contribution in [0.25, 0.3) is 16.9 Å². The number of hydrogen-bond acceptors (Lipinski definition) is 0. The second kappa shape index (κ2) is 22.7. The van der Waals surface area contributed by atoms with Gasteiger partial charge in [-0.1, -0.05) is 210 Å². The van der Waals surface area contributed by atoms with Gasteiger partial charge in [0.1, 0.15) is 9.52 Å². The fourth-order valence-electron chi connectivity index (χ4n) is 5.35. The Morgan fingerprint density at radius 2 is 0.911 bits per heavy atom. The maximum atomic E-state index is 7.61. The summed E-state index contributed by atoms with van der Waals surface area (Å²) in [6, 6.07) is 42.4. The zero-order chi connectivity index (χ0) is 31.4. The molecule has 1 N–H and O–H groups in total. The van der Waals surface area contributed by atoms with Gasteiger partial charge < -0.3 is 5.73 Å². The molecule has 4 aromatic carbocycles. The summed E-state index contributed by atoms with van der Waals surface area (Å²) >= 11 is 0. The van der Waals surface area contributed by atoms with E-state index in [1.54, 1.807) is 0 Å². The molecule has 0 spiro atoms. The summed E-state index contributed by atoms with van der Waals surface area (Å²) in [6.45, 7) is 8.67. The van der Waals surface area contributed by atoms with Gasteiger partial charge in [-0.2, -0.15) is 11.1 Å². The molecule has 1 saturated carbocycles. The molecule has 0 saturated heterocycles. The van der Waals surface area contributed by atoms with E-state index in [0.29, 0.717) is 5.92 Å². The van der Waals surface area contributed by atoms with Crippen molar-refractivity contribution in [3.63, 3.8) is 0 Å². The molecule has 45 heavy (non-hydrogen) atoms. The zero-order valence-electron chi connectivity index (χ0n) is 27.9. The van der Waals surface area contributed by atoms with Crippen molar-refractivity contribution in [3.05, 3.63) is 150 Å². The molecule has 0 amide bonds. The maximum absolute atomic E-state index is 7.61. The summed E-state index contributed by atoms with van der Waals surface area (Å²) in [5, 5.41) is 2.90. The first kappa shape index (κ1) is 38.4. The van der Waals surface area contributed by atoms with Crippen LogP contribution in [0, 0.1) is 12.0 Å². The van der Waals surface area contributed by atoms with Gasteiger partial charge in [0.15, 0.2) is 0 Å². The van der Waals surface area contributed by atoms with Crippen molar-refractivity contribution in [2.75, 3.05) is 0 Å². The van der Waals surface area contributed by atoms with E-state index in [1.165, 1.54) is 76.7 Å². The van der Waals surface area contributed by atoms with Crippen molar-refractivity contribution in [1.82, 2.24) is 0 Å². The Labute approximate surface area is 292 Å². The molecule has 3 heteroatoms. The Hall–Kier alpha value is -2.75. The van der Waals surface area contributed by atoms with Crippen LogP contribution in [0.4, 0.5) is 0 Å². The number of hydrogen-bond donors (Lipinski definition) is 0. The molecule has 0 aromatic heterocycles. The van der Waals surface area contributed by atoms with Crippen LogP contribution in [-0.4, -0.2) is 15.6 Å². The van der Waals surface area contributed by atoms with Gasteiger partial charge >= 0.3 is 21.7 Å². The van der Waals surface area contributed by atoms with Gasteiger partial charge in [-0.05, 0) is 11.1 Å². The van der Waals surface area contributed by atoms with E-state index in [1.807, 2.05) is 12.1 Å². The molecular formula is C42H52NSiTi. The fraction of sp³-hybridized carbons (Fsp3) is 0.333. The molecule has 1 unspecified atom stereocenters. The average Bonchev–Trinajstić information content (AvgIpc) is 3.37. The molecule has 1 fully saturated rings. The predicted octanol–water partition coefficient (Wildman–Crippen LogP) is 10.7. The Morgan fingerprint density at radius 3 is 1.22 bits per heavy atom. The molecule has 1 atom stereocenters. The first-order chi connectivity index (χ1) is 21.4. The number of allylic oxidation sites excluding steroid dienone is 4. The van der Waals surface area contributed by atoms with Gasteiger partial charge in [0, 0.05) is 0 Å². The summed E-state index contributed by atoms with van der Waals surface area (Å²) < 4.78 is 0. The van der Waals surface area contributed by atoms with Gasteiger partial charge in [-0.25, -0.2) is 5.57 Å². The Morgan fingerprint density at radius 1 is 0.556 bits per heavy atom. The van der Waals surface area contributed by atoms with Crippen molar-refractivity contribution in [2.24, 2.45) is 5.92 Å². The third-order valence-electron chi connectivity index (χ3n) is 8.41. The molecule has 233 valence electrons. The Bertz CT molecular complexity index is 1280. The van der Waals surface area contributed by atoms with E-state index in [4.69, 9.17) is 5.73 Å². The maximum Gasteiger partial charge on any atom is 2.00 e. The molecule has 2 aliphatic rings. The van der Waals surface area contributed by atoms with Crippen molar-refractivity contribution in [3.8, 4) is 11.1 Å². The molecule has 2 aliphatic carbocycles. The SMILES string of the molecule is CC1=[C-]C(C)C(C)=C1C.[NH-]C1CCCCCCCC1.[Ti+2].c1ccc(-c2ccccc2)cc1.c1ccc([SiH]c2ccccc2)cc1. The minimum Gasteiger partial charge on any atom is -0.675 e. The van der Waals surface area contributed by atoms with E-state index in [2.05, 4.69) is 143 Å². The van der Waals surface area contributed by atoms with Crippen LogP contribution in [0.15, 0.2) is 138 Å². The molecule has 0 heterocycles. The first-order valence-electron chi connectivity index (χ1n) is 16.5. The molecule has 1 nitrogen and oxygen atoms in total. The topological polar surface area (TPSA) is 23.8 Å². The minimum absolute atomic E-state index is 0. The summed E-state index contributed by atoms with van der Waals surface area (Å²) in [6.07, 6.45) is 13.8. The van der Waals surface area contributed by atoms with Crippen molar-refractivity contribution in [2.45, 2.75) is 85.1 Å². The smallest absolute Gasteiger partial charge is 0.675 e. The van der Waals surface area contributed by atoms with Crippen LogP contribution >= 0.6 is 0 Å². The zero-order valence-corrected chi connectivity index (χ0v) is 30.7. The van der Waals surface area contributed by atoms with E-state index in [-0.39, 0.29) is 37.3 Å². The second-order valence-electron chi connectivity index (χ2n) is 11.9. The summed E-state index contributed by atoms with van der Waals surface area (Å²) in [7, 11) is 0.271. The normalized spacial score (nSPS) is 16.4. The van der Waals surface area contributed by atoms with E-state index in [9.17, 15) is 0 Å². The predicted molar refractivity (Wildman–Crippen MR) is 196 cm³/mol. The van der Waals surface area contributed by atoms with Crippen LogP contribution in [-0.2, 0) is 21.7 Å². The minimum atomic E-state index is 0. The van der Waals surface area contributed by atoms with Gasteiger partial charge in [0.05, 0.1) is 0 Å². The van der Waals surface area contributed by atoms with Gasteiger partial charge in [-0.15, -0.1) is 13.0 Å². The van der Waals surface area contributed by atoms with E-state index in [0.717, 1.165) is 12.8 Å². The number of benzene rings is 4. The molecule has 0 bridgehead atoms. The summed E-state index contributed by atoms with van der Waals surface area (Å²) in [5.41, 5.74) is 14.4. The van der Waals surface area contributed by atoms with Crippen LogP contribution in [0.2, 0.25) is 0 Å². The third-order valence-corrected chi connectivity index (χ3v) is 9.84. The molecule has 6 rings (SSSR count).